The van der Waals surface area contributed by atoms with Crippen LogP contribution in [0.1, 0.15) is 38.4 Å². The van der Waals surface area contributed by atoms with E-state index < -0.39 is 5.54 Å². The number of halogens is 1. The van der Waals surface area contributed by atoms with Crippen LogP contribution in [0.5, 0.6) is 0 Å². The summed E-state index contributed by atoms with van der Waals surface area (Å²) in [5.41, 5.74) is 5.62. The smallest absolute Gasteiger partial charge is 0.246 e. The van der Waals surface area contributed by atoms with E-state index in [0.717, 1.165) is 22.8 Å². The van der Waals surface area contributed by atoms with Crippen LogP contribution in [0.3, 0.4) is 0 Å². The maximum Gasteiger partial charge on any atom is 0.246 e. The van der Waals surface area contributed by atoms with E-state index in [9.17, 15) is 0 Å². The second-order valence-corrected chi connectivity index (χ2v) is 6.41. The van der Waals surface area contributed by atoms with Crippen LogP contribution in [0.25, 0.3) is 0 Å². The number of benzene rings is 1. The average Bonchev–Trinajstić information content (AvgIpc) is 2.88. The summed E-state index contributed by atoms with van der Waals surface area (Å²) in [4.78, 5) is 5.50. The summed E-state index contributed by atoms with van der Waals surface area (Å²) in [6.07, 6.45) is 1.79. The molecule has 0 radical (unpaired) electrons. The topological polar surface area (TPSA) is 64.9 Å². The van der Waals surface area contributed by atoms with Crippen LogP contribution < -0.4 is 5.73 Å². The van der Waals surface area contributed by atoms with Crippen molar-refractivity contribution in [1.82, 2.24) is 10.1 Å². The zero-order valence-corrected chi connectivity index (χ0v) is 13.2. The van der Waals surface area contributed by atoms with Gasteiger partial charge in [0.25, 0.3) is 0 Å². The van der Waals surface area contributed by atoms with E-state index in [1.807, 2.05) is 31.2 Å². The first-order valence-corrected chi connectivity index (χ1v) is 7.88. The second-order valence-electron chi connectivity index (χ2n) is 4.93. The Bertz CT molecular complexity index is 554. The fraction of sp³-hybridized carbons (Fsp3) is 0.429. The fourth-order valence-electron chi connectivity index (χ4n) is 1.85. The lowest BCUT2D eigenvalue weighted by Gasteiger charge is -2.18. The number of thioether (sulfide) groups is 1. The van der Waals surface area contributed by atoms with Crippen LogP contribution in [0, 0.1) is 0 Å². The lowest BCUT2D eigenvalue weighted by molar-refractivity contribution is 0.282. The van der Waals surface area contributed by atoms with Crippen molar-refractivity contribution in [3.63, 3.8) is 0 Å². The molecule has 1 aromatic heterocycles. The Morgan fingerprint density at radius 3 is 2.70 bits per heavy atom. The van der Waals surface area contributed by atoms with Crippen LogP contribution in [0.4, 0.5) is 0 Å². The highest BCUT2D eigenvalue weighted by Gasteiger charge is 2.27. The standard InChI is InChI=1S/C14H18ClN3OS/c1-3-8-14(2,16)13-17-12(18-19-13)9-20-11-6-4-10(15)5-7-11/h4-7H,3,8-9,16H2,1-2H3. The van der Waals surface area contributed by atoms with Crippen molar-refractivity contribution in [3.05, 3.63) is 41.0 Å². The number of hydrogen-bond acceptors (Lipinski definition) is 5. The van der Waals surface area contributed by atoms with Gasteiger partial charge in [-0.25, -0.2) is 0 Å². The zero-order chi connectivity index (χ0) is 14.6. The molecule has 0 saturated heterocycles. The highest BCUT2D eigenvalue weighted by molar-refractivity contribution is 7.98. The molecule has 0 aliphatic carbocycles. The predicted octanol–water partition coefficient (Wildman–Crippen LogP) is 3.99. The minimum Gasteiger partial charge on any atom is -0.337 e. The number of rotatable bonds is 6. The third-order valence-electron chi connectivity index (χ3n) is 2.91. The first-order chi connectivity index (χ1) is 9.51. The molecule has 0 bridgehead atoms. The minimum absolute atomic E-state index is 0.506. The van der Waals surface area contributed by atoms with Gasteiger partial charge in [0.15, 0.2) is 5.82 Å². The normalized spacial score (nSPS) is 14.2. The molecule has 1 aromatic carbocycles. The summed E-state index contributed by atoms with van der Waals surface area (Å²) in [6, 6.07) is 7.67. The Balaban J connectivity index is 1.97. The molecule has 0 saturated carbocycles. The number of aromatic nitrogens is 2. The van der Waals surface area contributed by atoms with Gasteiger partial charge in [0.05, 0.1) is 11.3 Å². The van der Waals surface area contributed by atoms with Gasteiger partial charge in [-0.1, -0.05) is 30.1 Å². The van der Waals surface area contributed by atoms with Gasteiger partial charge in [-0.2, -0.15) is 4.98 Å². The van der Waals surface area contributed by atoms with E-state index in [0.29, 0.717) is 17.5 Å². The molecule has 4 nitrogen and oxygen atoms in total. The molecule has 108 valence electrons. The largest absolute Gasteiger partial charge is 0.337 e. The van der Waals surface area contributed by atoms with Crippen LogP contribution in [0.15, 0.2) is 33.7 Å². The van der Waals surface area contributed by atoms with E-state index in [2.05, 4.69) is 17.1 Å². The van der Waals surface area contributed by atoms with Crippen molar-refractivity contribution in [2.24, 2.45) is 5.73 Å². The Kier molecular flexibility index (Phi) is 5.07. The van der Waals surface area contributed by atoms with Gasteiger partial charge in [0.2, 0.25) is 5.89 Å². The maximum absolute atomic E-state index is 6.17. The molecule has 20 heavy (non-hydrogen) atoms. The molecule has 1 heterocycles. The summed E-state index contributed by atoms with van der Waals surface area (Å²) in [7, 11) is 0. The van der Waals surface area contributed by atoms with Crippen LogP contribution in [-0.2, 0) is 11.3 Å². The molecule has 2 N–H and O–H groups in total. The number of hydrogen-bond donors (Lipinski definition) is 1. The summed E-state index contributed by atoms with van der Waals surface area (Å²) in [5, 5.41) is 4.72. The van der Waals surface area contributed by atoms with E-state index in [4.69, 9.17) is 21.9 Å². The molecule has 1 unspecified atom stereocenters. The number of nitrogens with zero attached hydrogens (tertiary/aromatic N) is 2. The predicted molar refractivity (Wildman–Crippen MR) is 81.8 cm³/mol. The molecule has 0 amide bonds. The number of nitrogens with two attached hydrogens (primary N) is 1. The van der Waals surface area contributed by atoms with Crippen molar-refractivity contribution in [2.45, 2.75) is 42.9 Å². The zero-order valence-electron chi connectivity index (χ0n) is 11.6. The van der Waals surface area contributed by atoms with Gasteiger partial charge >= 0.3 is 0 Å². The molecular weight excluding hydrogens is 294 g/mol. The molecule has 0 spiro atoms. The summed E-state index contributed by atoms with van der Waals surface area (Å²) in [5.74, 6) is 1.81. The Morgan fingerprint density at radius 1 is 1.35 bits per heavy atom. The van der Waals surface area contributed by atoms with Crippen LogP contribution in [-0.4, -0.2) is 10.1 Å². The molecule has 6 heteroatoms. The maximum atomic E-state index is 6.17. The van der Waals surface area contributed by atoms with Crippen molar-refractivity contribution in [1.29, 1.82) is 0 Å². The Morgan fingerprint density at radius 2 is 2.05 bits per heavy atom. The van der Waals surface area contributed by atoms with Crippen molar-refractivity contribution < 1.29 is 4.52 Å². The highest BCUT2D eigenvalue weighted by atomic mass is 35.5. The lowest BCUT2D eigenvalue weighted by Crippen LogP contribution is -2.33. The van der Waals surface area contributed by atoms with E-state index in [1.54, 1.807) is 11.8 Å². The van der Waals surface area contributed by atoms with Crippen molar-refractivity contribution in [2.75, 3.05) is 0 Å². The van der Waals surface area contributed by atoms with Gasteiger partial charge in [0, 0.05) is 9.92 Å². The first-order valence-electron chi connectivity index (χ1n) is 6.51. The van der Waals surface area contributed by atoms with E-state index in [1.165, 1.54) is 0 Å². The fourth-order valence-corrected chi connectivity index (χ4v) is 2.72. The molecule has 0 aliphatic heterocycles. The monoisotopic (exact) mass is 311 g/mol. The molecular formula is C14H18ClN3OS. The Labute approximate surface area is 128 Å². The minimum atomic E-state index is -0.551. The second kappa shape index (κ2) is 6.61. The molecule has 0 fully saturated rings. The van der Waals surface area contributed by atoms with E-state index in [-0.39, 0.29) is 0 Å². The van der Waals surface area contributed by atoms with Gasteiger partial charge in [-0.15, -0.1) is 11.8 Å². The van der Waals surface area contributed by atoms with Crippen molar-refractivity contribution in [3.8, 4) is 0 Å². The summed E-state index contributed by atoms with van der Waals surface area (Å²) >= 11 is 7.48. The van der Waals surface area contributed by atoms with Gasteiger partial charge in [-0.05, 0) is 37.6 Å². The summed E-state index contributed by atoms with van der Waals surface area (Å²) < 4.78 is 5.27. The van der Waals surface area contributed by atoms with Crippen LogP contribution in [0.2, 0.25) is 5.02 Å². The van der Waals surface area contributed by atoms with Gasteiger partial charge in [-0.3, -0.25) is 0 Å². The first kappa shape index (κ1) is 15.4. The average molecular weight is 312 g/mol. The molecule has 2 aromatic rings. The lowest BCUT2D eigenvalue weighted by atomic mass is 9.98. The molecule has 2 rings (SSSR count). The third kappa shape index (κ3) is 3.98. The third-order valence-corrected chi connectivity index (χ3v) is 4.17. The van der Waals surface area contributed by atoms with E-state index >= 15 is 0 Å². The molecule has 1 atom stereocenters. The van der Waals surface area contributed by atoms with Crippen molar-refractivity contribution >= 4 is 23.4 Å². The van der Waals surface area contributed by atoms with Crippen LogP contribution >= 0.6 is 23.4 Å². The summed E-state index contributed by atoms with van der Waals surface area (Å²) in [6.45, 7) is 4.00. The highest BCUT2D eigenvalue weighted by Crippen LogP contribution is 2.25. The SMILES string of the molecule is CCCC(C)(N)c1nc(CSc2ccc(Cl)cc2)no1. The Hall–Kier alpha value is -1.04. The van der Waals surface area contributed by atoms with Gasteiger partial charge in [0.1, 0.15) is 0 Å². The molecule has 0 aliphatic rings. The quantitative estimate of drug-likeness (QED) is 0.817. The van der Waals surface area contributed by atoms with Gasteiger partial charge < -0.3 is 10.3 Å².